The van der Waals surface area contributed by atoms with Crippen molar-refractivity contribution in [2.24, 2.45) is 0 Å². The molecule has 4 aromatic carbocycles. The number of fused-ring (bicyclic) bond motifs is 2. The topological polar surface area (TPSA) is 86.7 Å². The normalized spacial score (nSPS) is 14.0. The number of phenolic OH excluding ortho intramolecular Hbond substituents is 1. The van der Waals surface area contributed by atoms with Crippen molar-refractivity contribution in [3.8, 4) is 22.1 Å². The van der Waals surface area contributed by atoms with Gasteiger partial charge < -0.3 is 25.4 Å². The molecule has 0 atom stereocenters. The molecule has 220 valence electrons. The quantitative estimate of drug-likeness (QED) is 0.174. The Morgan fingerprint density at radius 1 is 1.02 bits per heavy atom. The number of anilines is 4. The molecule has 0 radical (unpaired) electrons. The second-order valence-electron chi connectivity index (χ2n) is 10.6. The summed E-state index contributed by atoms with van der Waals surface area (Å²) in [6, 6.07) is 19.1. The number of rotatable bonds is 5. The lowest BCUT2D eigenvalue weighted by molar-refractivity contribution is -0.274. The number of halogens is 4. The van der Waals surface area contributed by atoms with Crippen molar-refractivity contribution >= 4 is 50.3 Å². The summed E-state index contributed by atoms with van der Waals surface area (Å²) in [5.74, 6) is -0.695. The van der Waals surface area contributed by atoms with E-state index in [9.17, 15) is 27.5 Å². The van der Waals surface area contributed by atoms with E-state index in [4.69, 9.17) is 4.98 Å². The van der Waals surface area contributed by atoms with Crippen LogP contribution >= 0.6 is 11.3 Å². The molecule has 5 aromatic rings. The zero-order valence-corrected chi connectivity index (χ0v) is 23.6. The summed E-state index contributed by atoms with van der Waals surface area (Å²) in [5, 5.41) is 17.2. The summed E-state index contributed by atoms with van der Waals surface area (Å²) >= 11 is 1.37. The molecule has 12 heteroatoms. The van der Waals surface area contributed by atoms with Crippen molar-refractivity contribution in [3.05, 3.63) is 90.2 Å². The molecule has 0 spiro atoms. The number of alkyl halides is 3. The van der Waals surface area contributed by atoms with Gasteiger partial charge in [0.25, 0.3) is 0 Å². The number of hydrogen-bond acceptors (Lipinski definition) is 6. The highest BCUT2D eigenvalue weighted by Gasteiger charge is 2.41. The van der Waals surface area contributed by atoms with Crippen LogP contribution in [-0.2, 0) is 5.41 Å². The van der Waals surface area contributed by atoms with Gasteiger partial charge in [-0.3, -0.25) is 0 Å². The molecule has 3 N–H and O–H groups in total. The molecule has 0 saturated heterocycles. The van der Waals surface area contributed by atoms with Crippen LogP contribution in [0.1, 0.15) is 19.4 Å². The second kappa shape index (κ2) is 10.5. The fraction of sp³-hybridized carbons (Fsp3) is 0.161. The standard InChI is InChI=1S/C31H24F4N4O3S/c1-30(2)16-39(27-24(40)14-12-20(26(27)30)28-37-22-13-7-17(32)15-25(22)43-28)23-6-4-3-5-21(23)38-29(41)36-18-8-10-19(11-9-18)42-31(33,34)35/h3-15,40H,16H2,1-2H3,(H2,36,38,41). The van der Waals surface area contributed by atoms with Gasteiger partial charge in [-0.05, 0) is 72.3 Å². The molecule has 43 heavy (non-hydrogen) atoms. The van der Waals surface area contributed by atoms with Crippen LogP contribution in [-0.4, -0.2) is 29.0 Å². The van der Waals surface area contributed by atoms with E-state index in [1.165, 1.54) is 35.6 Å². The van der Waals surface area contributed by atoms with Crippen LogP contribution in [0.2, 0.25) is 0 Å². The third-order valence-corrected chi connectivity index (χ3v) is 8.08. The maximum absolute atomic E-state index is 13.9. The van der Waals surface area contributed by atoms with Crippen LogP contribution < -0.4 is 20.3 Å². The van der Waals surface area contributed by atoms with E-state index in [2.05, 4.69) is 29.2 Å². The summed E-state index contributed by atoms with van der Waals surface area (Å²) in [6.07, 6.45) is -4.82. The summed E-state index contributed by atoms with van der Waals surface area (Å²) < 4.78 is 55.8. The van der Waals surface area contributed by atoms with Gasteiger partial charge in [0.15, 0.2) is 0 Å². The smallest absolute Gasteiger partial charge is 0.506 e. The Balaban J connectivity index is 1.31. The largest absolute Gasteiger partial charge is 0.573 e. The molecule has 1 aliphatic rings. The van der Waals surface area contributed by atoms with Crippen molar-refractivity contribution in [2.45, 2.75) is 25.6 Å². The first kappa shape index (κ1) is 28.3. The number of aromatic hydroxyl groups is 1. The van der Waals surface area contributed by atoms with Gasteiger partial charge in [0.05, 0.1) is 27.3 Å². The molecule has 0 saturated carbocycles. The summed E-state index contributed by atoms with van der Waals surface area (Å²) in [6.45, 7) is 4.57. The van der Waals surface area contributed by atoms with Gasteiger partial charge in [0.2, 0.25) is 0 Å². The van der Waals surface area contributed by atoms with Crippen LogP contribution in [0.15, 0.2) is 78.9 Å². The molecule has 0 unspecified atom stereocenters. The number of nitrogens with one attached hydrogen (secondary N) is 2. The monoisotopic (exact) mass is 608 g/mol. The number of aromatic nitrogens is 1. The first-order valence-corrected chi connectivity index (χ1v) is 13.9. The van der Waals surface area contributed by atoms with Crippen LogP contribution in [0.4, 0.5) is 45.1 Å². The molecule has 7 nitrogen and oxygen atoms in total. The predicted octanol–water partition coefficient (Wildman–Crippen LogP) is 8.78. The minimum Gasteiger partial charge on any atom is -0.506 e. The average molecular weight is 609 g/mol. The molecular weight excluding hydrogens is 584 g/mol. The number of nitrogens with zero attached hydrogens (tertiary/aromatic N) is 2. The number of carbonyl (C=O) groups is 1. The highest BCUT2D eigenvalue weighted by Crippen LogP contribution is 2.54. The van der Waals surface area contributed by atoms with Crippen molar-refractivity contribution < 1.29 is 32.2 Å². The predicted molar refractivity (Wildman–Crippen MR) is 159 cm³/mol. The number of hydrogen-bond donors (Lipinski definition) is 3. The summed E-state index contributed by atoms with van der Waals surface area (Å²) in [5.41, 5.74) is 3.81. The van der Waals surface area contributed by atoms with E-state index in [1.807, 2.05) is 23.1 Å². The van der Waals surface area contributed by atoms with Crippen LogP contribution in [0, 0.1) is 5.82 Å². The Kier molecular flexibility index (Phi) is 6.88. The molecule has 1 aromatic heterocycles. The number of urea groups is 1. The Bertz CT molecular complexity index is 1850. The van der Waals surface area contributed by atoms with Crippen molar-refractivity contribution in [1.29, 1.82) is 0 Å². The zero-order valence-electron chi connectivity index (χ0n) is 22.8. The third-order valence-electron chi connectivity index (χ3n) is 7.03. The third kappa shape index (κ3) is 5.65. The molecule has 2 amide bonds. The van der Waals surface area contributed by atoms with Gasteiger partial charge >= 0.3 is 12.4 Å². The minimum absolute atomic E-state index is 0.0527. The molecule has 0 fully saturated rings. The van der Waals surface area contributed by atoms with Gasteiger partial charge in [0.1, 0.15) is 22.3 Å². The van der Waals surface area contributed by atoms with Gasteiger partial charge in [-0.2, -0.15) is 0 Å². The summed E-state index contributed by atoms with van der Waals surface area (Å²) in [4.78, 5) is 19.6. The van der Waals surface area contributed by atoms with Gasteiger partial charge in [0, 0.05) is 23.2 Å². The van der Waals surface area contributed by atoms with E-state index in [0.29, 0.717) is 38.8 Å². The van der Waals surface area contributed by atoms with Gasteiger partial charge in [-0.25, -0.2) is 14.2 Å². The van der Waals surface area contributed by atoms with Gasteiger partial charge in [-0.1, -0.05) is 26.0 Å². The van der Waals surface area contributed by atoms with Crippen molar-refractivity contribution in [1.82, 2.24) is 4.98 Å². The average Bonchev–Trinajstić information content (AvgIpc) is 3.48. The van der Waals surface area contributed by atoms with E-state index in [1.54, 1.807) is 24.3 Å². The fourth-order valence-electron chi connectivity index (χ4n) is 5.33. The number of phenols is 1. The SMILES string of the molecule is CC1(C)CN(c2ccccc2NC(=O)Nc2ccc(OC(F)(F)F)cc2)c2c(O)ccc(-c3nc4ccc(F)cc4s3)c21. The number of para-hydroxylation sites is 2. The number of amides is 2. The molecule has 0 aliphatic carbocycles. The van der Waals surface area contributed by atoms with Crippen LogP contribution in [0.3, 0.4) is 0 Å². The lowest BCUT2D eigenvalue weighted by atomic mass is 9.83. The van der Waals surface area contributed by atoms with Crippen LogP contribution in [0.5, 0.6) is 11.5 Å². The summed E-state index contributed by atoms with van der Waals surface area (Å²) in [7, 11) is 0. The van der Waals surface area contributed by atoms with Crippen LogP contribution in [0.25, 0.3) is 20.8 Å². The first-order valence-electron chi connectivity index (χ1n) is 13.1. The fourth-order valence-corrected chi connectivity index (χ4v) is 6.35. The Morgan fingerprint density at radius 2 is 1.77 bits per heavy atom. The van der Waals surface area contributed by atoms with E-state index in [-0.39, 0.29) is 17.3 Å². The van der Waals surface area contributed by atoms with Crippen molar-refractivity contribution in [2.75, 3.05) is 22.1 Å². The Labute approximate surface area is 247 Å². The maximum Gasteiger partial charge on any atom is 0.573 e. The molecule has 0 bridgehead atoms. The van der Waals surface area contributed by atoms with E-state index in [0.717, 1.165) is 23.3 Å². The molecule has 2 heterocycles. The first-order chi connectivity index (χ1) is 20.4. The Hall–Kier alpha value is -4.84. The molecule has 6 rings (SSSR count). The maximum atomic E-state index is 13.9. The molecule has 1 aliphatic heterocycles. The zero-order chi connectivity index (χ0) is 30.5. The lowest BCUT2D eigenvalue weighted by Gasteiger charge is -2.25. The number of thiazole rings is 1. The molecular formula is C31H24F4N4O3S. The number of carbonyl (C=O) groups excluding carboxylic acids is 1. The van der Waals surface area contributed by atoms with E-state index < -0.39 is 23.6 Å². The minimum atomic E-state index is -4.82. The highest BCUT2D eigenvalue weighted by molar-refractivity contribution is 7.21. The highest BCUT2D eigenvalue weighted by atomic mass is 32.1. The lowest BCUT2D eigenvalue weighted by Crippen LogP contribution is -2.27. The van der Waals surface area contributed by atoms with E-state index >= 15 is 0 Å². The van der Waals surface area contributed by atoms with Gasteiger partial charge in [-0.15, -0.1) is 24.5 Å². The number of ether oxygens (including phenoxy) is 1. The Morgan fingerprint density at radius 3 is 2.51 bits per heavy atom. The second-order valence-corrected chi connectivity index (χ2v) is 11.7. The number of benzene rings is 4. The van der Waals surface area contributed by atoms with Crippen molar-refractivity contribution in [3.63, 3.8) is 0 Å².